The number of rotatable bonds is 16. The van der Waals surface area contributed by atoms with E-state index in [2.05, 4.69) is 52.3 Å². The van der Waals surface area contributed by atoms with Crippen LogP contribution in [0.2, 0.25) is 10.6 Å². The second kappa shape index (κ2) is 23.3. The highest BCUT2D eigenvalue weighted by molar-refractivity contribution is 6.28. The Labute approximate surface area is 355 Å². The lowest BCUT2D eigenvalue weighted by Gasteiger charge is -2.28. The van der Waals surface area contributed by atoms with Crippen LogP contribution in [0.3, 0.4) is 0 Å². The summed E-state index contributed by atoms with van der Waals surface area (Å²) < 4.78 is 40.3. The highest BCUT2D eigenvalue weighted by Crippen LogP contribution is 2.32. The van der Waals surface area contributed by atoms with E-state index in [0.29, 0.717) is 77.3 Å². The first-order chi connectivity index (χ1) is 28.9. The molecule has 60 heavy (non-hydrogen) atoms. The number of carbonyl (C=O) groups is 4. The number of amides is 4. The summed E-state index contributed by atoms with van der Waals surface area (Å²) in [5.74, 6) is -3.25. The van der Waals surface area contributed by atoms with Crippen molar-refractivity contribution in [2.24, 2.45) is 23.7 Å². The van der Waals surface area contributed by atoms with E-state index in [1.165, 1.54) is 0 Å². The number of hydrogen-bond acceptors (Lipinski definition) is 14. The largest absolute Gasteiger partial charge is 0.465 e. The quantitative estimate of drug-likeness (QED) is 0.0875. The lowest BCUT2D eigenvalue weighted by atomic mass is 9.92. The number of aromatic nitrogens is 4. The number of hydrogen-bond donors (Lipinski definition) is 8. The second-order valence-electron chi connectivity index (χ2n) is 14.9. The summed E-state index contributed by atoms with van der Waals surface area (Å²) in [5.41, 5.74) is 9.85. The van der Waals surface area contributed by atoms with E-state index in [4.69, 9.17) is 42.9 Å². The summed E-state index contributed by atoms with van der Waals surface area (Å²) in [6.07, 6.45) is 7.22. The number of anilines is 4. The van der Waals surface area contributed by atoms with Crippen molar-refractivity contribution < 1.29 is 47.6 Å². The molecular formula is C36H52Cl2F2N12O8. The second-order valence-corrected chi connectivity index (χ2v) is 15.6. The zero-order valence-corrected chi connectivity index (χ0v) is 34.5. The van der Waals surface area contributed by atoms with Gasteiger partial charge in [0.05, 0.1) is 38.3 Å². The lowest BCUT2D eigenvalue weighted by Crippen LogP contribution is -2.42. The molecular weight excluding hydrogens is 837 g/mol. The normalized spacial score (nSPS) is 18.1. The highest BCUT2D eigenvalue weighted by Gasteiger charge is 2.29. The van der Waals surface area contributed by atoms with E-state index in [9.17, 15) is 28.0 Å². The molecule has 4 amide bonds. The van der Waals surface area contributed by atoms with Gasteiger partial charge in [-0.2, -0.15) is 28.7 Å². The van der Waals surface area contributed by atoms with Gasteiger partial charge in [-0.3, -0.25) is 31.3 Å². The van der Waals surface area contributed by atoms with Gasteiger partial charge in [0.25, 0.3) is 0 Å². The van der Waals surface area contributed by atoms with Gasteiger partial charge in [0.2, 0.25) is 34.0 Å². The number of morpholine rings is 2. The SMILES string of the molecule is O=C(O)NC[C@@H](CC1CCCC1)C(=O)NNc1nc(Cl)nc(N2CCOCC2)c1F.O=C(O)NC[C@@H](CC1CCCC1)C(=O)NNc1nc(Cl)nc(N2CCOCC2)c1F. The van der Waals surface area contributed by atoms with Crippen LogP contribution >= 0.6 is 23.2 Å². The van der Waals surface area contributed by atoms with Crippen molar-refractivity contribution in [3.05, 3.63) is 22.2 Å². The minimum absolute atomic E-state index is 0.0224. The molecule has 2 aromatic heterocycles. The molecule has 4 fully saturated rings. The summed E-state index contributed by atoms with van der Waals surface area (Å²) in [7, 11) is 0. The van der Waals surface area contributed by atoms with Gasteiger partial charge < -0.3 is 40.1 Å². The van der Waals surface area contributed by atoms with Crippen LogP contribution in [0.15, 0.2) is 0 Å². The zero-order chi connectivity index (χ0) is 43.0. The molecule has 332 valence electrons. The van der Waals surface area contributed by atoms with Crippen LogP contribution in [0.4, 0.5) is 41.6 Å². The Morgan fingerprint density at radius 3 is 1.32 bits per heavy atom. The molecule has 4 aliphatic rings. The molecule has 2 aromatic rings. The molecule has 8 N–H and O–H groups in total. The molecule has 6 rings (SSSR count). The molecule has 24 heteroatoms. The molecule has 2 aliphatic heterocycles. The monoisotopic (exact) mass is 888 g/mol. The molecule has 2 saturated carbocycles. The molecule has 0 bridgehead atoms. The average Bonchev–Trinajstić information content (AvgIpc) is 3.97. The highest BCUT2D eigenvalue weighted by atomic mass is 35.5. The van der Waals surface area contributed by atoms with E-state index >= 15 is 0 Å². The standard InChI is InChI=1S/2C18H26ClFN6O4/c2*19-17-22-14(13(20)15(23-17)26-5-7-30-8-6-26)24-25-16(27)12(10-21-18(28)29)9-11-3-1-2-4-11/h2*11-12,21H,1-10H2,(H,25,27)(H,28,29)(H,22,23,24)/t2*12-/m11/s1. The van der Waals surface area contributed by atoms with Gasteiger partial charge in [-0.05, 0) is 47.9 Å². The zero-order valence-electron chi connectivity index (χ0n) is 33.0. The van der Waals surface area contributed by atoms with Gasteiger partial charge >= 0.3 is 12.2 Å². The lowest BCUT2D eigenvalue weighted by molar-refractivity contribution is -0.125. The van der Waals surface area contributed by atoms with Crippen LogP contribution in [0.1, 0.15) is 64.2 Å². The number of halogens is 4. The summed E-state index contributed by atoms with van der Waals surface area (Å²) in [5, 5.41) is 22.0. The van der Waals surface area contributed by atoms with Crippen LogP contribution in [0, 0.1) is 35.3 Å². The van der Waals surface area contributed by atoms with E-state index < -0.39 is 47.5 Å². The van der Waals surface area contributed by atoms with Crippen LogP contribution in [0.5, 0.6) is 0 Å². The average molecular weight is 890 g/mol. The fourth-order valence-corrected chi connectivity index (χ4v) is 8.01. The Morgan fingerprint density at radius 1 is 0.633 bits per heavy atom. The summed E-state index contributed by atoms with van der Waals surface area (Å²) in [6.45, 7) is 3.57. The first-order valence-electron chi connectivity index (χ1n) is 20.0. The van der Waals surface area contributed by atoms with E-state index in [-0.39, 0.29) is 46.9 Å². The molecule has 20 nitrogen and oxygen atoms in total. The summed E-state index contributed by atoms with van der Waals surface area (Å²) in [4.78, 5) is 66.0. The first kappa shape index (κ1) is 46.3. The fourth-order valence-electron chi connectivity index (χ4n) is 7.68. The molecule has 2 atom stereocenters. The minimum atomic E-state index is -1.20. The minimum Gasteiger partial charge on any atom is -0.465 e. The Hall–Kier alpha value is -4.80. The Morgan fingerprint density at radius 2 is 0.983 bits per heavy atom. The van der Waals surface area contributed by atoms with Crippen LogP contribution in [-0.2, 0) is 19.1 Å². The van der Waals surface area contributed by atoms with Crippen molar-refractivity contribution in [1.82, 2.24) is 41.4 Å². The number of nitrogens with one attached hydrogen (secondary N) is 6. The fraction of sp³-hybridized carbons (Fsp3) is 0.667. The molecule has 2 saturated heterocycles. The number of ether oxygens (including phenoxy) is 2. The molecule has 0 radical (unpaired) electrons. The Balaban J connectivity index is 0.000000228. The van der Waals surface area contributed by atoms with Crippen molar-refractivity contribution in [2.75, 3.05) is 86.3 Å². The number of carbonyl (C=O) groups excluding carboxylic acids is 2. The molecule has 0 spiro atoms. The maximum atomic E-state index is 14.9. The number of hydrazine groups is 2. The third-order valence-electron chi connectivity index (χ3n) is 10.8. The van der Waals surface area contributed by atoms with E-state index in [0.717, 1.165) is 51.4 Å². The Bertz CT molecular complexity index is 1640. The molecule has 0 aromatic carbocycles. The molecule has 2 aliphatic carbocycles. The number of carboxylic acid groups (broad SMARTS) is 2. The molecule has 4 heterocycles. The van der Waals surface area contributed by atoms with E-state index in [1.807, 2.05) is 0 Å². The van der Waals surface area contributed by atoms with Crippen LogP contribution in [-0.4, -0.2) is 120 Å². The maximum Gasteiger partial charge on any atom is 0.404 e. The summed E-state index contributed by atoms with van der Waals surface area (Å²) >= 11 is 11.9. The van der Waals surface area contributed by atoms with Gasteiger partial charge in [0, 0.05) is 39.3 Å². The van der Waals surface area contributed by atoms with Gasteiger partial charge in [-0.1, -0.05) is 51.4 Å². The van der Waals surface area contributed by atoms with Crippen molar-refractivity contribution in [2.45, 2.75) is 64.2 Å². The predicted molar refractivity (Wildman–Crippen MR) is 216 cm³/mol. The van der Waals surface area contributed by atoms with Crippen molar-refractivity contribution in [1.29, 1.82) is 0 Å². The first-order valence-corrected chi connectivity index (χ1v) is 20.8. The van der Waals surface area contributed by atoms with Gasteiger partial charge in [-0.15, -0.1) is 0 Å². The number of nitrogens with zero attached hydrogens (tertiary/aromatic N) is 6. The maximum absolute atomic E-state index is 14.9. The van der Waals surface area contributed by atoms with Crippen molar-refractivity contribution >= 4 is 70.5 Å². The van der Waals surface area contributed by atoms with Gasteiger partial charge in [-0.25, -0.2) is 9.59 Å². The Kier molecular flexibility index (Phi) is 17.9. The third kappa shape index (κ3) is 14.2. The summed E-state index contributed by atoms with van der Waals surface area (Å²) in [6, 6.07) is 0. The van der Waals surface area contributed by atoms with Crippen LogP contribution in [0.25, 0.3) is 0 Å². The smallest absolute Gasteiger partial charge is 0.404 e. The third-order valence-corrected chi connectivity index (χ3v) is 11.1. The van der Waals surface area contributed by atoms with Crippen molar-refractivity contribution in [3.8, 4) is 0 Å². The predicted octanol–water partition coefficient (Wildman–Crippen LogP) is 4.03. The van der Waals surface area contributed by atoms with E-state index in [1.54, 1.807) is 9.80 Å². The topological polar surface area (TPSA) is 257 Å². The van der Waals surface area contributed by atoms with Gasteiger partial charge in [0.1, 0.15) is 0 Å². The molecule has 0 unspecified atom stereocenters. The van der Waals surface area contributed by atoms with Crippen LogP contribution < -0.4 is 42.1 Å². The van der Waals surface area contributed by atoms with Gasteiger partial charge in [0.15, 0.2) is 23.3 Å². The van der Waals surface area contributed by atoms with Crippen molar-refractivity contribution in [3.63, 3.8) is 0 Å².